The van der Waals surface area contributed by atoms with Crippen LogP contribution in [0.5, 0.6) is 0 Å². The van der Waals surface area contributed by atoms with Gasteiger partial charge in [-0.2, -0.15) is 8.78 Å². The van der Waals surface area contributed by atoms with Crippen molar-refractivity contribution in [3.8, 4) is 0 Å². The van der Waals surface area contributed by atoms with E-state index in [4.69, 9.17) is 11.6 Å². The SMILES string of the molecule is FC(F)C(F)(F)CNCc1c[nH]c2cc(Cl)ccc12. The molecule has 2 aromatic rings. The Kier molecular flexibility index (Phi) is 4.01. The Morgan fingerprint density at radius 3 is 2.74 bits per heavy atom. The number of aromatic amines is 1. The van der Waals surface area contributed by atoms with Crippen molar-refractivity contribution in [3.05, 3.63) is 35.0 Å². The van der Waals surface area contributed by atoms with E-state index in [9.17, 15) is 17.6 Å². The van der Waals surface area contributed by atoms with Crippen LogP contribution in [0.15, 0.2) is 24.4 Å². The van der Waals surface area contributed by atoms with E-state index in [1.54, 1.807) is 24.4 Å². The number of H-pyrrole nitrogens is 1. The zero-order chi connectivity index (χ0) is 14.0. The topological polar surface area (TPSA) is 27.8 Å². The van der Waals surface area contributed by atoms with E-state index >= 15 is 0 Å². The lowest BCUT2D eigenvalue weighted by Gasteiger charge is -2.15. The molecule has 2 nitrogen and oxygen atoms in total. The summed E-state index contributed by atoms with van der Waals surface area (Å²) in [4.78, 5) is 2.94. The predicted molar refractivity (Wildman–Crippen MR) is 66.0 cm³/mol. The third-order valence-electron chi connectivity index (χ3n) is 2.72. The molecule has 0 unspecified atom stereocenters. The first-order valence-corrected chi connectivity index (χ1v) is 5.90. The van der Waals surface area contributed by atoms with E-state index in [1.165, 1.54) is 0 Å². The van der Waals surface area contributed by atoms with Gasteiger partial charge < -0.3 is 10.3 Å². The minimum absolute atomic E-state index is 0.0734. The monoisotopic (exact) mass is 294 g/mol. The molecule has 1 aromatic heterocycles. The summed E-state index contributed by atoms with van der Waals surface area (Å²) >= 11 is 5.81. The van der Waals surface area contributed by atoms with Gasteiger partial charge in [-0.1, -0.05) is 17.7 Å². The highest BCUT2D eigenvalue weighted by Crippen LogP contribution is 2.23. The Balaban J connectivity index is 2.03. The molecule has 0 fully saturated rings. The molecule has 0 atom stereocenters. The summed E-state index contributed by atoms with van der Waals surface area (Å²) in [6, 6.07) is 5.12. The van der Waals surface area contributed by atoms with Gasteiger partial charge in [0, 0.05) is 28.7 Å². The molecule has 7 heteroatoms. The Labute approximate surface area is 111 Å². The fourth-order valence-electron chi connectivity index (χ4n) is 1.75. The molecule has 0 aliphatic carbocycles. The number of halogens is 5. The number of hydrogen-bond acceptors (Lipinski definition) is 1. The standard InChI is InChI=1S/C12H11ClF4N2/c13-8-1-2-9-7(5-19-10(9)3-8)4-18-6-12(16,17)11(14)15/h1-3,5,11,18-19H,4,6H2. The van der Waals surface area contributed by atoms with Crippen LogP contribution in [0.4, 0.5) is 17.6 Å². The molecular formula is C12H11ClF4N2. The minimum atomic E-state index is -4.02. The van der Waals surface area contributed by atoms with E-state index < -0.39 is 18.9 Å². The van der Waals surface area contributed by atoms with Gasteiger partial charge in [-0.3, -0.25) is 0 Å². The summed E-state index contributed by atoms with van der Waals surface area (Å²) in [5.74, 6) is -4.02. The summed E-state index contributed by atoms with van der Waals surface area (Å²) in [6.07, 6.45) is -2.03. The van der Waals surface area contributed by atoms with Crippen molar-refractivity contribution >= 4 is 22.5 Å². The number of rotatable bonds is 5. The molecule has 104 valence electrons. The van der Waals surface area contributed by atoms with Crippen LogP contribution in [0.25, 0.3) is 10.9 Å². The van der Waals surface area contributed by atoms with Crippen LogP contribution in [-0.2, 0) is 6.54 Å². The van der Waals surface area contributed by atoms with Crippen LogP contribution >= 0.6 is 11.6 Å². The van der Waals surface area contributed by atoms with Crippen LogP contribution in [0.3, 0.4) is 0 Å². The third-order valence-corrected chi connectivity index (χ3v) is 2.96. The lowest BCUT2D eigenvalue weighted by Crippen LogP contribution is -2.38. The first-order valence-electron chi connectivity index (χ1n) is 5.52. The van der Waals surface area contributed by atoms with Crippen LogP contribution < -0.4 is 5.32 Å². The zero-order valence-electron chi connectivity index (χ0n) is 9.69. The van der Waals surface area contributed by atoms with Gasteiger partial charge in [0.1, 0.15) is 0 Å². The first kappa shape index (κ1) is 14.1. The Morgan fingerprint density at radius 1 is 1.32 bits per heavy atom. The van der Waals surface area contributed by atoms with Crippen molar-refractivity contribution in [2.45, 2.75) is 18.9 Å². The van der Waals surface area contributed by atoms with Gasteiger partial charge in [-0.25, -0.2) is 8.78 Å². The predicted octanol–water partition coefficient (Wildman–Crippen LogP) is 3.81. The quantitative estimate of drug-likeness (QED) is 0.806. The second-order valence-electron chi connectivity index (χ2n) is 4.17. The summed E-state index contributed by atoms with van der Waals surface area (Å²) in [7, 11) is 0. The largest absolute Gasteiger partial charge is 0.361 e. The summed E-state index contributed by atoms with van der Waals surface area (Å²) < 4.78 is 49.3. The average Bonchev–Trinajstić information content (AvgIpc) is 2.71. The highest BCUT2D eigenvalue weighted by Gasteiger charge is 2.39. The van der Waals surface area contributed by atoms with Crippen LogP contribution in [0.1, 0.15) is 5.56 Å². The molecule has 0 radical (unpaired) electrons. The van der Waals surface area contributed by atoms with Crippen LogP contribution in [-0.4, -0.2) is 23.9 Å². The van der Waals surface area contributed by atoms with Crippen molar-refractivity contribution in [1.82, 2.24) is 10.3 Å². The molecule has 0 aliphatic rings. The smallest absolute Gasteiger partial charge is 0.319 e. The molecule has 0 saturated carbocycles. The molecular weight excluding hydrogens is 284 g/mol. The Hall–Kier alpha value is -1.27. The molecule has 0 bridgehead atoms. The highest BCUT2D eigenvalue weighted by atomic mass is 35.5. The molecule has 1 aromatic carbocycles. The number of alkyl halides is 4. The second-order valence-corrected chi connectivity index (χ2v) is 4.61. The van der Waals surface area contributed by atoms with E-state index in [1.807, 2.05) is 0 Å². The average molecular weight is 295 g/mol. The van der Waals surface area contributed by atoms with Gasteiger partial charge >= 0.3 is 12.3 Å². The summed E-state index contributed by atoms with van der Waals surface area (Å²) in [5.41, 5.74) is 1.49. The number of nitrogens with one attached hydrogen (secondary N) is 2. The van der Waals surface area contributed by atoms with E-state index in [2.05, 4.69) is 10.3 Å². The fourth-order valence-corrected chi connectivity index (χ4v) is 1.92. The molecule has 2 rings (SSSR count). The minimum Gasteiger partial charge on any atom is -0.361 e. The Bertz CT molecular complexity index is 568. The number of fused-ring (bicyclic) bond motifs is 1. The summed E-state index contributed by atoms with van der Waals surface area (Å²) in [5, 5.41) is 3.70. The third kappa shape index (κ3) is 3.19. The van der Waals surface area contributed by atoms with Gasteiger partial charge in [-0.05, 0) is 17.7 Å². The normalized spacial score (nSPS) is 12.5. The molecule has 19 heavy (non-hydrogen) atoms. The maximum absolute atomic E-state index is 12.7. The van der Waals surface area contributed by atoms with E-state index in [0.717, 1.165) is 16.5 Å². The summed E-state index contributed by atoms with van der Waals surface area (Å²) in [6.45, 7) is -0.991. The fraction of sp³-hybridized carbons (Fsp3) is 0.333. The lowest BCUT2D eigenvalue weighted by atomic mass is 10.2. The van der Waals surface area contributed by atoms with E-state index in [-0.39, 0.29) is 6.54 Å². The van der Waals surface area contributed by atoms with Gasteiger partial charge in [-0.15, -0.1) is 0 Å². The highest BCUT2D eigenvalue weighted by molar-refractivity contribution is 6.31. The number of hydrogen-bond donors (Lipinski definition) is 2. The van der Waals surface area contributed by atoms with Gasteiger partial charge in [0.25, 0.3) is 0 Å². The lowest BCUT2D eigenvalue weighted by molar-refractivity contribution is -0.125. The van der Waals surface area contributed by atoms with Crippen molar-refractivity contribution in [3.63, 3.8) is 0 Å². The molecule has 0 aliphatic heterocycles. The van der Waals surface area contributed by atoms with E-state index in [0.29, 0.717) is 5.02 Å². The molecule has 1 heterocycles. The molecule has 2 N–H and O–H groups in total. The van der Waals surface area contributed by atoms with Crippen LogP contribution in [0, 0.1) is 0 Å². The van der Waals surface area contributed by atoms with Gasteiger partial charge in [0.2, 0.25) is 0 Å². The van der Waals surface area contributed by atoms with Crippen molar-refractivity contribution in [1.29, 1.82) is 0 Å². The van der Waals surface area contributed by atoms with Crippen molar-refractivity contribution in [2.24, 2.45) is 0 Å². The zero-order valence-corrected chi connectivity index (χ0v) is 10.4. The maximum Gasteiger partial charge on any atom is 0.319 e. The Morgan fingerprint density at radius 2 is 2.05 bits per heavy atom. The van der Waals surface area contributed by atoms with Crippen molar-refractivity contribution in [2.75, 3.05) is 6.54 Å². The number of benzene rings is 1. The maximum atomic E-state index is 12.7. The first-order chi connectivity index (χ1) is 8.90. The van der Waals surface area contributed by atoms with Crippen molar-refractivity contribution < 1.29 is 17.6 Å². The van der Waals surface area contributed by atoms with Crippen LogP contribution in [0.2, 0.25) is 5.02 Å². The molecule has 0 amide bonds. The van der Waals surface area contributed by atoms with Gasteiger partial charge in [0.15, 0.2) is 0 Å². The number of aromatic nitrogens is 1. The molecule has 0 saturated heterocycles. The van der Waals surface area contributed by atoms with Gasteiger partial charge in [0.05, 0.1) is 6.54 Å². The second kappa shape index (κ2) is 5.38. The molecule has 0 spiro atoms.